The summed E-state index contributed by atoms with van der Waals surface area (Å²) in [6.45, 7) is 7.58. The maximum Gasteiger partial charge on any atom is 0.126 e. The molecule has 1 saturated heterocycles. The smallest absolute Gasteiger partial charge is 0.126 e. The molecule has 2 rings (SSSR count). The van der Waals surface area contributed by atoms with E-state index in [1.54, 1.807) is 13.8 Å². The van der Waals surface area contributed by atoms with Crippen molar-refractivity contribution in [3.8, 4) is 0 Å². The van der Waals surface area contributed by atoms with Crippen molar-refractivity contribution >= 4 is 17.4 Å². The Morgan fingerprint density at radius 3 is 2.83 bits per heavy atom. The number of hydrogen-bond acceptors (Lipinski definition) is 3. The average molecular weight is 269 g/mol. The van der Waals surface area contributed by atoms with Gasteiger partial charge in [-0.3, -0.25) is 0 Å². The first-order valence-corrected chi connectivity index (χ1v) is 7.38. The highest BCUT2D eigenvalue weighted by Gasteiger charge is 2.21. The predicted octanol–water partition coefficient (Wildman–Crippen LogP) is 3.13. The highest BCUT2D eigenvalue weighted by atomic mass is 32.2. The zero-order chi connectivity index (χ0) is 13.3. The molecule has 0 amide bonds. The molecule has 0 aliphatic carbocycles. The number of aliphatic hydroxyl groups excluding tert-OH is 1. The summed E-state index contributed by atoms with van der Waals surface area (Å²) < 4.78 is 13.6. The summed E-state index contributed by atoms with van der Waals surface area (Å²) in [5.74, 6) is 0.839. The van der Waals surface area contributed by atoms with E-state index < -0.39 is 6.10 Å². The largest absolute Gasteiger partial charge is 0.389 e. The van der Waals surface area contributed by atoms with Gasteiger partial charge in [-0.15, -0.1) is 0 Å². The lowest BCUT2D eigenvalue weighted by Crippen LogP contribution is -2.37. The molecule has 0 spiro atoms. The normalized spacial score (nSPS) is 22.1. The molecule has 1 aliphatic heterocycles. The summed E-state index contributed by atoms with van der Waals surface area (Å²) in [6.07, 6.45) is -0.639. The fourth-order valence-corrected chi connectivity index (χ4v) is 3.34. The molecule has 2 unspecified atom stereocenters. The SMILES string of the molecule is Cc1cc(N2CCSC(C)C2)c(C(C)O)cc1F. The number of rotatable bonds is 2. The maximum absolute atomic E-state index is 13.6. The lowest BCUT2D eigenvalue weighted by Gasteiger charge is -2.34. The van der Waals surface area contributed by atoms with Crippen LogP contribution >= 0.6 is 11.8 Å². The van der Waals surface area contributed by atoms with Gasteiger partial charge in [-0.25, -0.2) is 4.39 Å². The third-order valence-corrected chi connectivity index (χ3v) is 4.48. The second-order valence-electron chi connectivity index (χ2n) is 4.96. The number of nitrogens with zero attached hydrogens (tertiary/aromatic N) is 1. The standard InChI is InChI=1S/C14H20FNOS/c1-9-6-14(12(11(3)17)7-13(9)15)16-4-5-18-10(2)8-16/h6-7,10-11,17H,4-5,8H2,1-3H3. The number of anilines is 1. The summed E-state index contributed by atoms with van der Waals surface area (Å²) in [5.41, 5.74) is 2.31. The monoisotopic (exact) mass is 269 g/mol. The first-order valence-electron chi connectivity index (χ1n) is 6.33. The summed E-state index contributed by atoms with van der Waals surface area (Å²) in [5, 5.41) is 10.4. The highest BCUT2D eigenvalue weighted by Crippen LogP contribution is 2.32. The molecule has 2 nitrogen and oxygen atoms in total. The lowest BCUT2D eigenvalue weighted by molar-refractivity contribution is 0.199. The van der Waals surface area contributed by atoms with Crippen molar-refractivity contribution in [2.75, 3.05) is 23.7 Å². The van der Waals surface area contributed by atoms with Gasteiger partial charge in [-0.05, 0) is 31.5 Å². The van der Waals surface area contributed by atoms with E-state index in [9.17, 15) is 9.50 Å². The van der Waals surface area contributed by atoms with Crippen molar-refractivity contribution in [3.05, 3.63) is 29.1 Å². The van der Waals surface area contributed by atoms with Crippen molar-refractivity contribution in [1.82, 2.24) is 0 Å². The minimum atomic E-state index is -0.639. The van der Waals surface area contributed by atoms with Crippen LogP contribution in [0.3, 0.4) is 0 Å². The van der Waals surface area contributed by atoms with E-state index in [1.165, 1.54) is 6.07 Å². The van der Waals surface area contributed by atoms with Crippen molar-refractivity contribution in [2.45, 2.75) is 32.1 Å². The number of hydrogen-bond donors (Lipinski definition) is 1. The molecule has 1 fully saturated rings. The fourth-order valence-electron chi connectivity index (χ4n) is 2.33. The van der Waals surface area contributed by atoms with Crippen molar-refractivity contribution in [1.29, 1.82) is 0 Å². The molecule has 4 heteroatoms. The Hall–Kier alpha value is -0.740. The van der Waals surface area contributed by atoms with Crippen LogP contribution in [0, 0.1) is 12.7 Å². The first kappa shape index (κ1) is 13.7. The molecule has 0 radical (unpaired) electrons. The topological polar surface area (TPSA) is 23.5 Å². The highest BCUT2D eigenvalue weighted by molar-refractivity contribution is 8.00. The third-order valence-electron chi connectivity index (χ3n) is 3.34. The number of halogens is 1. The Labute approximate surface area is 112 Å². The van der Waals surface area contributed by atoms with Crippen LogP contribution in [0.25, 0.3) is 0 Å². The average Bonchev–Trinajstić information content (AvgIpc) is 2.31. The minimum absolute atomic E-state index is 0.242. The molecule has 18 heavy (non-hydrogen) atoms. The van der Waals surface area contributed by atoms with Gasteiger partial charge in [0.15, 0.2) is 0 Å². The maximum atomic E-state index is 13.6. The van der Waals surface area contributed by atoms with Crippen LogP contribution in [0.15, 0.2) is 12.1 Å². The van der Waals surface area contributed by atoms with E-state index in [2.05, 4.69) is 11.8 Å². The van der Waals surface area contributed by atoms with Crippen LogP contribution in [0.1, 0.15) is 31.1 Å². The van der Waals surface area contributed by atoms with E-state index in [-0.39, 0.29) is 5.82 Å². The quantitative estimate of drug-likeness (QED) is 0.892. The number of aryl methyl sites for hydroxylation is 1. The Morgan fingerprint density at radius 1 is 1.50 bits per heavy atom. The van der Waals surface area contributed by atoms with Gasteiger partial charge in [0.1, 0.15) is 5.82 Å². The fraction of sp³-hybridized carbons (Fsp3) is 0.571. The Morgan fingerprint density at radius 2 is 2.22 bits per heavy atom. The predicted molar refractivity (Wildman–Crippen MR) is 75.9 cm³/mol. The van der Waals surface area contributed by atoms with Crippen LogP contribution in [-0.2, 0) is 0 Å². The van der Waals surface area contributed by atoms with Crippen LogP contribution in [-0.4, -0.2) is 29.2 Å². The van der Waals surface area contributed by atoms with E-state index in [1.807, 2.05) is 17.8 Å². The molecule has 0 bridgehead atoms. The molecule has 1 aliphatic rings. The summed E-state index contributed by atoms with van der Waals surface area (Å²) in [7, 11) is 0. The van der Waals surface area contributed by atoms with Crippen LogP contribution < -0.4 is 4.90 Å². The van der Waals surface area contributed by atoms with Gasteiger partial charge in [0, 0.05) is 35.3 Å². The molecule has 1 aromatic rings. The molecule has 100 valence electrons. The minimum Gasteiger partial charge on any atom is -0.389 e. The number of benzene rings is 1. The molecule has 0 saturated carbocycles. The third kappa shape index (κ3) is 2.81. The van der Waals surface area contributed by atoms with Gasteiger partial charge in [0.2, 0.25) is 0 Å². The Kier molecular flexibility index (Phi) is 4.17. The second-order valence-corrected chi connectivity index (χ2v) is 6.51. The van der Waals surface area contributed by atoms with Crippen LogP contribution in [0.2, 0.25) is 0 Å². The van der Waals surface area contributed by atoms with Gasteiger partial charge in [-0.1, -0.05) is 6.92 Å². The van der Waals surface area contributed by atoms with Crippen LogP contribution in [0.5, 0.6) is 0 Å². The van der Waals surface area contributed by atoms with E-state index in [0.29, 0.717) is 16.4 Å². The molecule has 1 aromatic carbocycles. The molecule has 0 aromatic heterocycles. The second kappa shape index (κ2) is 5.49. The van der Waals surface area contributed by atoms with E-state index in [0.717, 1.165) is 24.5 Å². The molecular formula is C14H20FNOS. The summed E-state index contributed by atoms with van der Waals surface area (Å²) in [6, 6.07) is 3.34. The molecular weight excluding hydrogens is 249 g/mol. The van der Waals surface area contributed by atoms with Gasteiger partial charge in [0.05, 0.1) is 6.10 Å². The van der Waals surface area contributed by atoms with E-state index >= 15 is 0 Å². The van der Waals surface area contributed by atoms with Crippen molar-refractivity contribution < 1.29 is 9.50 Å². The van der Waals surface area contributed by atoms with Gasteiger partial charge >= 0.3 is 0 Å². The van der Waals surface area contributed by atoms with Gasteiger partial charge in [0.25, 0.3) is 0 Å². The summed E-state index contributed by atoms with van der Waals surface area (Å²) in [4.78, 5) is 2.26. The van der Waals surface area contributed by atoms with Crippen LogP contribution in [0.4, 0.5) is 10.1 Å². The zero-order valence-corrected chi connectivity index (χ0v) is 11.9. The molecule has 2 atom stereocenters. The van der Waals surface area contributed by atoms with Crippen molar-refractivity contribution in [3.63, 3.8) is 0 Å². The Bertz CT molecular complexity index is 436. The van der Waals surface area contributed by atoms with Gasteiger partial charge in [-0.2, -0.15) is 11.8 Å². The first-order chi connectivity index (χ1) is 8.49. The molecule has 1 heterocycles. The van der Waals surface area contributed by atoms with Gasteiger partial charge < -0.3 is 10.0 Å². The lowest BCUT2D eigenvalue weighted by atomic mass is 10.0. The number of aliphatic hydroxyl groups is 1. The molecule has 1 N–H and O–H groups in total. The van der Waals surface area contributed by atoms with Crippen molar-refractivity contribution in [2.24, 2.45) is 0 Å². The Balaban J connectivity index is 2.38. The zero-order valence-electron chi connectivity index (χ0n) is 11.1. The summed E-state index contributed by atoms with van der Waals surface area (Å²) >= 11 is 1.96. The number of thioether (sulfide) groups is 1. The van der Waals surface area contributed by atoms with E-state index in [4.69, 9.17) is 0 Å².